The summed E-state index contributed by atoms with van der Waals surface area (Å²) in [7, 11) is 0. The van der Waals surface area contributed by atoms with Gasteiger partial charge in [-0.25, -0.2) is 4.79 Å². The van der Waals surface area contributed by atoms with Crippen LogP contribution in [0.2, 0.25) is 0 Å². The molecule has 1 aliphatic rings. The molecule has 3 nitrogen and oxygen atoms in total. The van der Waals surface area contributed by atoms with Crippen LogP contribution in [0.1, 0.15) is 27.9 Å². The lowest BCUT2D eigenvalue weighted by molar-refractivity contribution is 0.0697. The lowest BCUT2D eigenvalue weighted by Gasteiger charge is -2.21. The number of carboxylic acid groups (broad SMARTS) is 1. The minimum Gasteiger partial charge on any atom is -0.493 e. The van der Waals surface area contributed by atoms with E-state index >= 15 is 0 Å². The SMILES string of the molecule is Cc1cc(C(=O)O)ccc1-c1cccc2c1OCCC2. The molecule has 0 atom stereocenters. The van der Waals surface area contributed by atoms with Gasteiger partial charge in [0.15, 0.2) is 0 Å². The molecule has 0 amide bonds. The number of ether oxygens (including phenoxy) is 1. The van der Waals surface area contributed by atoms with Gasteiger partial charge in [-0.15, -0.1) is 0 Å². The van der Waals surface area contributed by atoms with E-state index in [1.807, 2.05) is 25.1 Å². The standard InChI is InChI=1S/C17H16O3/c1-11-10-13(17(18)19)7-8-14(11)15-6-2-4-12-5-3-9-20-16(12)15/h2,4,6-8,10H,3,5,9H2,1H3,(H,18,19). The van der Waals surface area contributed by atoms with Gasteiger partial charge in [-0.3, -0.25) is 0 Å². The van der Waals surface area contributed by atoms with Crippen molar-refractivity contribution in [2.75, 3.05) is 6.61 Å². The summed E-state index contributed by atoms with van der Waals surface area (Å²) >= 11 is 0. The van der Waals surface area contributed by atoms with Crippen molar-refractivity contribution in [1.82, 2.24) is 0 Å². The quantitative estimate of drug-likeness (QED) is 0.903. The number of para-hydroxylation sites is 1. The predicted octanol–water partition coefficient (Wildman–Crippen LogP) is 3.69. The van der Waals surface area contributed by atoms with Gasteiger partial charge >= 0.3 is 5.97 Å². The highest BCUT2D eigenvalue weighted by molar-refractivity contribution is 5.89. The topological polar surface area (TPSA) is 46.5 Å². The van der Waals surface area contributed by atoms with Crippen LogP contribution in [0.15, 0.2) is 36.4 Å². The molecular formula is C17H16O3. The Morgan fingerprint density at radius 2 is 2.05 bits per heavy atom. The van der Waals surface area contributed by atoms with Crippen LogP contribution in [0.5, 0.6) is 5.75 Å². The fraction of sp³-hybridized carbons (Fsp3) is 0.235. The summed E-state index contributed by atoms with van der Waals surface area (Å²) < 4.78 is 5.83. The number of benzene rings is 2. The second kappa shape index (κ2) is 5.00. The van der Waals surface area contributed by atoms with Gasteiger partial charge in [0.1, 0.15) is 5.75 Å². The number of aromatic carboxylic acids is 1. The van der Waals surface area contributed by atoms with E-state index in [0.717, 1.165) is 41.9 Å². The molecular weight excluding hydrogens is 252 g/mol. The number of carboxylic acids is 1. The number of hydrogen-bond donors (Lipinski definition) is 1. The van der Waals surface area contributed by atoms with Crippen molar-refractivity contribution in [2.45, 2.75) is 19.8 Å². The Morgan fingerprint density at radius 1 is 1.20 bits per heavy atom. The third kappa shape index (κ3) is 2.16. The predicted molar refractivity (Wildman–Crippen MR) is 77.4 cm³/mol. The fourth-order valence-corrected chi connectivity index (χ4v) is 2.70. The molecule has 0 spiro atoms. The first-order valence-corrected chi connectivity index (χ1v) is 6.76. The van der Waals surface area contributed by atoms with Gasteiger partial charge in [-0.2, -0.15) is 0 Å². The number of fused-ring (bicyclic) bond motifs is 1. The second-order valence-electron chi connectivity index (χ2n) is 5.08. The summed E-state index contributed by atoms with van der Waals surface area (Å²) in [6.45, 7) is 2.68. The maximum Gasteiger partial charge on any atom is 0.335 e. The Bertz CT molecular complexity index is 674. The molecule has 102 valence electrons. The van der Waals surface area contributed by atoms with E-state index < -0.39 is 5.97 Å². The summed E-state index contributed by atoms with van der Waals surface area (Å²) in [6, 6.07) is 11.4. The normalized spacial score (nSPS) is 13.4. The third-order valence-corrected chi connectivity index (χ3v) is 3.70. The highest BCUT2D eigenvalue weighted by Crippen LogP contribution is 2.37. The molecule has 0 aliphatic carbocycles. The van der Waals surface area contributed by atoms with Gasteiger partial charge in [0, 0.05) is 5.56 Å². The third-order valence-electron chi connectivity index (χ3n) is 3.70. The molecule has 0 aromatic heterocycles. The van der Waals surface area contributed by atoms with Crippen LogP contribution in [0.4, 0.5) is 0 Å². The van der Waals surface area contributed by atoms with E-state index in [0.29, 0.717) is 5.56 Å². The smallest absolute Gasteiger partial charge is 0.335 e. The number of carbonyl (C=O) groups is 1. The van der Waals surface area contributed by atoms with Gasteiger partial charge < -0.3 is 9.84 Å². The minimum absolute atomic E-state index is 0.317. The van der Waals surface area contributed by atoms with Gasteiger partial charge in [-0.1, -0.05) is 24.3 Å². The first-order chi connectivity index (χ1) is 9.66. The lowest BCUT2D eigenvalue weighted by Crippen LogP contribution is -2.09. The lowest BCUT2D eigenvalue weighted by atomic mass is 9.94. The molecule has 1 aliphatic heterocycles. The summed E-state index contributed by atoms with van der Waals surface area (Å²) in [6.07, 6.45) is 2.09. The molecule has 1 N–H and O–H groups in total. The molecule has 3 rings (SSSR count). The van der Waals surface area contributed by atoms with Crippen molar-refractivity contribution in [3.05, 3.63) is 53.1 Å². The van der Waals surface area contributed by atoms with Crippen LogP contribution in [-0.4, -0.2) is 17.7 Å². The Labute approximate surface area is 117 Å². The summed E-state index contributed by atoms with van der Waals surface area (Å²) in [4.78, 5) is 11.0. The van der Waals surface area contributed by atoms with E-state index in [4.69, 9.17) is 9.84 Å². The highest BCUT2D eigenvalue weighted by Gasteiger charge is 2.17. The molecule has 0 saturated carbocycles. The van der Waals surface area contributed by atoms with Gasteiger partial charge in [0.2, 0.25) is 0 Å². The monoisotopic (exact) mass is 268 g/mol. The molecule has 2 aromatic rings. The molecule has 0 saturated heterocycles. The zero-order valence-electron chi connectivity index (χ0n) is 11.3. The van der Waals surface area contributed by atoms with Crippen molar-refractivity contribution < 1.29 is 14.6 Å². The Hall–Kier alpha value is -2.29. The van der Waals surface area contributed by atoms with Gasteiger partial charge in [0.05, 0.1) is 12.2 Å². The van der Waals surface area contributed by atoms with E-state index in [1.165, 1.54) is 5.56 Å². The van der Waals surface area contributed by atoms with Crippen LogP contribution >= 0.6 is 0 Å². The van der Waals surface area contributed by atoms with Gasteiger partial charge in [0.25, 0.3) is 0 Å². The molecule has 20 heavy (non-hydrogen) atoms. The molecule has 0 radical (unpaired) electrons. The van der Waals surface area contributed by atoms with Crippen molar-refractivity contribution in [1.29, 1.82) is 0 Å². The largest absolute Gasteiger partial charge is 0.493 e. The van der Waals surface area contributed by atoms with Gasteiger partial charge in [-0.05, 0) is 48.6 Å². The van der Waals surface area contributed by atoms with E-state index in [9.17, 15) is 4.79 Å². The Balaban J connectivity index is 2.12. The highest BCUT2D eigenvalue weighted by atomic mass is 16.5. The molecule has 2 aromatic carbocycles. The Kier molecular flexibility index (Phi) is 3.18. The van der Waals surface area contributed by atoms with E-state index in [-0.39, 0.29) is 0 Å². The average Bonchev–Trinajstić information content (AvgIpc) is 2.46. The second-order valence-corrected chi connectivity index (χ2v) is 5.08. The fourth-order valence-electron chi connectivity index (χ4n) is 2.70. The zero-order chi connectivity index (χ0) is 14.1. The molecule has 0 bridgehead atoms. The maximum absolute atomic E-state index is 11.0. The molecule has 3 heteroatoms. The van der Waals surface area contributed by atoms with Crippen LogP contribution < -0.4 is 4.74 Å². The maximum atomic E-state index is 11.0. The summed E-state index contributed by atoms with van der Waals surface area (Å²) in [5.41, 5.74) is 4.59. The van der Waals surface area contributed by atoms with Crippen molar-refractivity contribution in [3.8, 4) is 16.9 Å². The summed E-state index contributed by atoms with van der Waals surface area (Å²) in [5, 5.41) is 9.04. The zero-order valence-corrected chi connectivity index (χ0v) is 11.3. The first-order valence-electron chi connectivity index (χ1n) is 6.76. The Morgan fingerprint density at radius 3 is 2.80 bits per heavy atom. The molecule has 0 unspecified atom stereocenters. The van der Waals surface area contributed by atoms with E-state index in [2.05, 4.69) is 6.07 Å². The number of hydrogen-bond acceptors (Lipinski definition) is 2. The van der Waals surface area contributed by atoms with Crippen molar-refractivity contribution >= 4 is 5.97 Å². The number of aryl methyl sites for hydroxylation is 2. The number of rotatable bonds is 2. The minimum atomic E-state index is -0.897. The first kappa shape index (κ1) is 12.7. The van der Waals surface area contributed by atoms with Crippen molar-refractivity contribution in [3.63, 3.8) is 0 Å². The average molecular weight is 268 g/mol. The molecule has 0 fully saturated rings. The van der Waals surface area contributed by atoms with Crippen LogP contribution in [-0.2, 0) is 6.42 Å². The van der Waals surface area contributed by atoms with E-state index in [1.54, 1.807) is 12.1 Å². The van der Waals surface area contributed by atoms with Crippen molar-refractivity contribution in [2.24, 2.45) is 0 Å². The van der Waals surface area contributed by atoms with Crippen LogP contribution in [0.25, 0.3) is 11.1 Å². The van der Waals surface area contributed by atoms with Crippen LogP contribution in [0.3, 0.4) is 0 Å². The van der Waals surface area contributed by atoms with Crippen LogP contribution in [0, 0.1) is 6.92 Å². The molecule has 1 heterocycles. The summed E-state index contributed by atoms with van der Waals surface area (Å²) in [5.74, 6) is 0.0518.